The molecule has 0 radical (unpaired) electrons. The number of quaternary nitrogens is 1. The highest BCUT2D eigenvalue weighted by Gasteiger charge is 2.31. The maximum Gasteiger partial charge on any atom is 0.335 e. The van der Waals surface area contributed by atoms with E-state index in [4.69, 9.17) is 0 Å². The second-order valence-corrected chi connectivity index (χ2v) is 6.62. The number of nitrogens with one attached hydrogen (secondary N) is 1. The molecule has 0 fully saturated rings. The molecule has 0 amide bonds. The third-order valence-corrected chi connectivity index (χ3v) is 4.93. The monoisotopic (exact) mass is 350 g/mol. The lowest BCUT2D eigenvalue weighted by atomic mass is 9.90. The number of rotatable bonds is 2. The average molecular weight is 350 g/mol. The molecule has 0 spiro atoms. The topological polar surface area (TPSA) is 91.7 Å². The van der Waals surface area contributed by atoms with Crippen LogP contribution in [0.15, 0.2) is 58.1 Å². The molecule has 2 heterocycles. The van der Waals surface area contributed by atoms with E-state index in [0.29, 0.717) is 5.69 Å². The second kappa shape index (κ2) is 6.31. The molecule has 4 N–H and O–H groups in total. The number of aromatic amines is 1. The van der Waals surface area contributed by atoms with Gasteiger partial charge in [0.05, 0.1) is 12.2 Å². The van der Waals surface area contributed by atoms with E-state index in [9.17, 15) is 14.7 Å². The average Bonchev–Trinajstić information content (AvgIpc) is 2.63. The molecule has 3 aromatic rings. The van der Waals surface area contributed by atoms with Crippen LogP contribution >= 0.6 is 0 Å². The minimum Gasteiger partial charge on any atom is -0.494 e. The molecule has 1 aliphatic heterocycles. The fourth-order valence-electron chi connectivity index (χ4n) is 3.62. The Morgan fingerprint density at radius 1 is 1.12 bits per heavy atom. The van der Waals surface area contributed by atoms with E-state index in [2.05, 4.69) is 4.98 Å². The third-order valence-electron chi connectivity index (χ3n) is 4.93. The lowest BCUT2D eigenvalue weighted by Crippen LogP contribution is -2.87. The fourth-order valence-corrected chi connectivity index (χ4v) is 3.62. The molecule has 2 aromatic carbocycles. The molecule has 0 saturated carbocycles. The van der Waals surface area contributed by atoms with Crippen LogP contribution in [0.25, 0.3) is 5.69 Å². The number of aryl methyl sites for hydroxylation is 1. The fraction of sp³-hybridized carbons (Fsp3) is 0.200. The highest BCUT2D eigenvalue weighted by Crippen LogP contribution is 2.28. The predicted octanol–water partition coefficient (Wildman–Crippen LogP) is 0.749. The number of hydrogen-bond donors (Lipinski definition) is 3. The van der Waals surface area contributed by atoms with Gasteiger partial charge in [0, 0.05) is 12.0 Å². The SMILES string of the molecule is Cc1ccc(-n2c(O)c([C@H]3[NH2+]CCc4ccccc43)c(=O)[nH]c2=O)cc1. The number of H-pyrrole nitrogens is 1. The van der Waals surface area contributed by atoms with E-state index in [1.165, 1.54) is 0 Å². The van der Waals surface area contributed by atoms with Gasteiger partial charge in [0.15, 0.2) is 0 Å². The normalized spacial score (nSPS) is 16.3. The molecular weight excluding hydrogens is 330 g/mol. The highest BCUT2D eigenvalue weighted by molar-refractivity contribution is 5.44. The van der Waals surface area contributed by atoms with Crippen LogP contribution in [-0.4, -0.2) is 21.2 Å². The van der Waals surface area contributed by atoms with Crippen LogP contribution in [0.2, 0.25) is 0 Å². The number of fused-ring (bicyclic) bond motifs is 1. The van der Waals surface area contributed by atoms with E-state index >= 15 is 0 Å². The molecule has 4 rings (SSSR count). The first kappa shape index (κ1) is 16.4. The first-order chi connectivity index (χ1) is 12.6. The molecule has 1 aromatic heterocycles. The van der Waals surface area contributed by atoms with Crippen molar-refractivity contribution in [3.63, 3.8) is 0 Å². The smallest absolute Gasteiger partial charge is 0.335 e. The van der Waals surface area contributed by atoms with Crippen molar-refractivity contribution in [2.24, 2.45) is 0 Å². The molecule has 26 heavy (non-hydrogen) atoms. The van der Waals surface area contributed by atoms with Crippen LogP contribution in [0.5, 0.6) is 5.88 Å². The van der Waals surface area contributed by atoms with Crippen molar-refractivity contribution in [3.05, 3.63) is 91.6 Å². The Hall–Kier alpha value is -3.12. The van der Waals surface area contributed by atoms with E-state index in [1.54, 1.807) is 12.1 Å². The molecule has 6 heteroatoms. The molecule has 0 saturated heterocycles. The summed E-state index contributed by atoms with van der Waals surface area (Å²) >= 11 is 0. The third kappa shape index (κ3) is 2.64. The van der Waals surface area contributed by atoms with Crippen molar-refractivity contribution in [1.82, 2.24) is 9.55 Å². The number of hydrogen-bond acceptors (Lipinski definition) is 3. The van der Waals surface area contributed by atoms with E-state index in [0.717, 1.165) is 34.2 Å². The lowest BCUT2D eigenvalue weighted by Gasteiger charge is -2.24. The highest BCUT2D eigenvalue weighted by atomic mass is 16.3. The Morgan fingerprint density at radius 3 is 2.62 bits per heavy atom. The molecule has 0 bridgehead atoms. The van der Waals surface area contributed by atoms with Gasteiger partial charge >= 0.3 is 5.69 Å². The molecule has 1 aliphatic rings. The summed E-state index contributed by atoms with van der Waals surface area (Å²) < 4.78 is 1.15. The van der Waals surface area contributed by atoms with Gasteiger partial charge in [-0.3, -0.25) is 9.78 Å². The van der Waals surface area contributed by atoms with E-state index in [1.807, 2.05) is 48.6 Å². The van der Waals surface area contributed by atoms with Gasteiger partial charge in [-0.1, -0.05) is 42.0 Å². The summed E-state index contributed by atoms with van der Waals surface area (Å²) in [7, 11) is 0. The summed E-state index contributed by atoms with van der Waals surface area (Å²) in [6.07, 6.45) is 0.906. The summed E-state index contributed by atoms with van der Waals surface area (Å²) in [5.41, 5.74) is 2.72. The largest absolute Gasteiger partial charge is 0.494 e. The van der Waals surface area contributed by atoms with Gasteiger partial charge in [-0.2, -0.15) is 0 Å². The Kier molecular flexibility index (Phi) is 3.97. The van der Waals surface area contributed by atoms with Gasteiger partial charge in [0.25, 0.3) is 5.56 Å². The molecule has 0 aliphatic carbocycles. The molecule has 1 atom stereocenters. The zero-order valence-electron chi connectivity index (χ0n) is 14.4. The number of benzene rings is 2. The number of aromatic hydroxyl groups is 1. The summed E-state index contributed by atoms with van der Waals surface area (Å²) in [6.45, 7) is 2.75. The van der Waals surface area contributed by atoms with Gasteiger partial charge in [0.2, 0.25) is 5.88 Å². The minimum atomic E-state index is -0.649. The van der Waals surface area contributed by atoms with Crippen LogP contribution in [0.1, 0.15) is 28.3 Å². The maximum atomic E-state index is 12.6. The van der Waals surface area contributed by atoms with Crippen molar-refractivity contribution in [1.29, 1.82) is 0 Å². The van der Waals surface area contributed by atoms with Crippen molar-refractivity contribution >= 4 is 0 Å². The zero-order valence-corrected chi connectivity index (χ0v) is 14.4. The lowest BCUT2D eigenvalue weighted by molar-refractivity contribution is -0.690. The Bertz CT molecular complexity index is 1080. The standard InChI is InChI=1S/C20H19N3O3/c1-12-6-8-14(9-7-12)23-19(25)16(18(24)22-20(23)26)17-15-5-3-2-4-13(15)10-11-21-17/h2-9,17,21,25H,10-11H2,1H3,(H,22,24,26)/p+1/t17-/m0/s1. The summed E-state index contributed by atoms with van der Waals surface area (Å²) in [4.78, 5) is 27.3. The number of aromatic nitrogens is 2. The summed E-state index contributed by atoms with van der Waals surface area (Å²) in [5, 5.41) is 12.9. The van der Waals surface area contributed by atoms with Crippen molar-refractivity contribution in [2.75, 3.05) is 6.54 Å². The Balaban J connectivity index is 1.94. The molecule has 132 valence electrons. The maximum absolute atomic E-state index is 12.6. The summed E-state index contributed by atoms with van der Waals surface area (Å²) in [6, 6.07) is 14.8. The van der Waals surface area contributed by atoms with Gasteiger partial charge in [-0.15, -0.1) is 0 Å². The van der Waals surface area contributed by atoms with Crippen molar-refractivity contribution in [2.45, 2.75) is 19.4 Å². The van der Waals surface area contributed by atoms with Crippen LogP contribution in [-0.2, 0) is 6.42 Å². The first-order valence-corrected chi connectivity index (χ1v) is 8.62. The number of nitrogens with zero attached hydrogens (tertiary/aromatic N) is 1. The quantitative estimate of drug-likeness (QED) is 0.637. The van der Waals surface area contributed by atoms with Gasteiger partial charge < -0.3 is 10.4 Å². The van der Waals surface area contributed by atoms with Crippen LogP contribution < -0.4 is 16.6 Å². The van der Waals surface area contributed by atoms with Gasteiger partial charge in [0.1, 0.15) is 11.6 Å². The predicted molar refractivity (Wildman–Crippen MR) is 97.8 cm³/mol. The van der Waals surface area contributed by atoms with Gasteiger partial charge in [-0.25, -0.2) is 9.36 Å². The zero-order chi connectivity index (χ0) is 18.3. The van der Waals surface area contributed by atoms with E-state index < -0.39 is 11.2 Å². The van der Waals surface area contributed by atoms with Crippen LogP contribution in [0.4, 0.5) is 0 Å². The molecule has 0 unspecified atom stereocenters. The van der Waals surface area contributed by atoms with Crippen LogP contribution in [0, 0.1) is 6.92 Å². The van der Waals surface area contributed by atoms with Crippen LogP contribution in [0.3, 0.4) is 0 Å². The Labute approximate surface area is 149 Å². The van der Waals surface area contributed by atoms with Gasteiger partial charge in [-0.05, 0) is 24.6 Å². The molecular formula is C20H20N3O3+. The van der Waals surface area contributed by atoms with E-state index in [-0.39, 0.29) is 17.5 Å². The summed E-state index contributed by atoms with van der Waals surface area (Å²) in [5.74, 6) is -0.305. The first-order valence-electron chi connectivity index (χ1n) is 8.62. The van der Waals surface area contributed by atoms with Crippen molar-refractivity contribution < 1.29 is 10.4 Å². The second-order valence-electron chi connectivity index (χ2n) is 6.62. The Morgan fingerprint density at radius 2 is 1.85 bits per heavy atom. The van der Waals surface area contributed by atoms with Crippen molar-refractivity contribution in [3.8, 4) is 11.6 Å². The minimum absolute atomic E-state index is 0.206. The number of nitrogens with two attached hydrogens (primary N) is 1. The molecule has 6 nitrogen and oxygen atoms in total.